The second-order valence-electron chi connectivity index (χ2n) is 8.21. The van der Waals surface area contributed by atoms with Crippen LogP contribution in [0.15, 0.2) is 60.9 Å². The van der Waals surface area contributed by atoms with Crippen LogP contribution in [0.1, 0.15) is 23.6 Å². The Morgan fingerprint density at radius 2 is 1.68 bits per heavy atom. The highest BCUT2D eigenvalue weighted by molar-refractivity contribution is 8.09. The molecule has 5 rings (SSSR count). The van der Waals surface area contributed by atoms with E-state index in [1.54, 1.807) is 24.5 Å². The lowest BCUT2D eigenvalue weighted by Gasteiger charge is -2.20. The van der Waals surface area contributed by atoms with Crippen molar-refractivity contribution in [2.45, 2.75) is 18.9 Å². The minimum atomic E-state index is -4.01. The summed E-state index contributed by atoms with van der Waals surface area (Å²) in [7, 11) is -8.02. The fourth-order valence-corrected chi connectivity index (χ4v) is 7.31. The van der Waals surface area contributed by atoms with Crippen LogP contribution in [0.4, 0.5) is 17.3 Å². The zero-order valence-electron chi connectivity index (χ0n) is 18.5. The lowest BCUT2D eigenvalue weighted by Crippen LogP contribution is -2.35. The molecule has 1 atom stereocenters. The van der Waals surface area contributed by atoms with Crippen molar-refractivity contribution < 1.29 is 16.8 Å². The molecule has 1 N–H and O–H groups in total. The topological polar surface area (TPSA) is 127 Å². The van der Waals surface area contributed by atoms with E-state index in [-0.39, 0.29) is 11.7 Å². The number of hydrogen-bond acceptors (Lipinski definition) is 8. The number of sulfonamides is 2. The molecule has 2 heterocycles. The van der Waals surface area contributed by atoms with Gasteiger partial charge in [-0.2, -0.15) is 13.8 Å². The molecule has 34 heavy (non-hydrogen) atoms. The van der Waals surface area contributed by atoms with Gasteiger partial charge in [0.05, 0.1) is 35.8 Å². The van der Waals surface area contributed by atoms with Gasteiger partial charge in [-0.15, -0.1) is 0 Å². The SMILES string of the molecule is CS(=O)(=O)N(c1ccc(Nc2ncc3cnn([C@@H]4CCc5ccccc54)c3n2)cc1)S(C)(=O)=O. The molecule has 0 saturated heterocycles. The fraction of sp³-hybridized carbons (Fsp3) is 0.227. The third-order valence-electron chi connectivity index (χ3n) is 5.67. The minimum absolute atomic E-state index is 0.0184. The molecule has 1 aliphatic carbocycles. The number of aromatic nitrogens is 4. The van der Waals surface area contributed by atoms with Crippen molar-refractivity contribution in [3.8, 4) is 0 Å². The number of rotatable bonds is 6. The summed E-state index contributed by atoms with van der Waals surface area (Å²) in [6, 6.07) is 14.4. The van der Waals surface area contributed by atoms with Crippen LogP contribution in [-0.2, 0) is 26.5 Å². The van der Waals surface area contributed by atoms with E-state index in [0.29, 0.717) is 21.0 Å². The maximum absolute atomic E-state index is 12.0. The Balaban J connectivity index is 1.44. The summed E-state index contributed by atoms with van der Waals surface area (Å²) in [4.78, 5) is 9.00. The fourth-order valence-electron chi connectivity index (χ4n) is 4.34. The summed E-state index contributed by atoms with van der Waals surface area (Å²) in [5.74, 6) is 0.344. The highest BCUT2D eigenvalue weighted by atomic mass is 32.3. The Hall–Kier alpha value is -3.51. The van der Waals surface area contributed by atoms with Gasteiger partial charge in [-0.1, -0.05) is 24.3 Å². The average Bonchev–Trinajstić information content (AvgIpc) is 3.36. The third-order valence-corrected chi connectivity index (χ3v) is 8.92. The largest absolute Gasteiger partial charge is 0.324 e. The molecule has 176 valence electrons. The van der Waals surface area contributed by atoms with E-state index in [9.17, 15) is 16.8 Å². The molecule has 4 aromatic rings. The monoisotopic (exact) mass is 498 g/mol. The third kappa shape index (κ3) is 4.10. The van der Waals surface area contributed by atoms with Crippen molar-refractivity contribution in [2.24, 2.45) is 0 Å². The smallest absolute Gasteiger partial charge is 0.245 e. The zero-order valence-corrected chi connectivity index (χ0v) is 20.1. The van der Waals surface area contributed by atoms with Gasteiger partial charge in [0.1, 0.15) is 0 Å². The van der Waals surface area contributed by atoms with Gasteiger partial charge >= 0.3 is 0 Å². The molecule has 0 aliphatic heterocycles. The summed E-state index contributed by atoms with van der Waals surface area (Å²) < 4.78 is 50.2. The first-order valence-corrected chi connectivity index (χ1v) is 14.2. The number of nitrogens with zero attached hydrogens (tertiary/aromatic N) is 5. The number of hydrogen-bond donors (Lipinski definition) is 1. The predicted octanol–water partition coefficient (Wildman–Crippen LogP) is 2.83. The molecule has 0 saturated carbocycles. The Bertz CT molecular complexity index is 1570. The van der Waals surface area contributed by atoms with Gasteiger partial charge in [-0.05, 0) is 48.2 Å². The predicted molar refractivity (Wildman–Crippen MR) is 130 cm³/mol. The molecule has 1 aliphatic rings. The zero-order chi connectivity index (χ0) is 24.1. The molecule has 0 radical (unpaired) electrons. The first-order chi connectivity index (χ1) is 16.1. The second kappa shape index (κ2) is 8.06. The van der Waals surface area contributed by atoms with Crippen LogP contribution < -0.4 is 9.03 Å². The first kappa shape index (κ1) is 22.3. The Labute approximate surface area is 197 Å². The standard InChI is InChI=1S/C22H22N6O4S2/c1-33(29,30)28(34(2,31)32)18-10-8-17(9-11-18)25-22-23-13-16-14-24-27(21(16)26-22)20-12-7-15-5-3-4-6-19(15)20/h3-6,8-11,13-14,20H,7,12H2,1-2H3,(H,23,25,26)/t20-/m1/s1. The van der Waals surface area contributed by atoms with E-state index in [2.05, 4.69) is 32.5 Å². The summed E-state index contributed by atoms with van der Waals surface area (Å²) in [5, 5.41) is 8.48. The Morgan fingerprint density at radius 1 is 0.971 bits per heavy atom. The van der Waals surface area contributed by atoms with Crippen LogP contribution in [0.5, 0.6) is 0 Å². The molecule has 0 fully saturated rings. The van der Waals surface area contributed by atoms with Crippen LogP contribution in [-0.4, -0.2) is 49.1 Å². The summed E-state index contributed by atoms with van der Waals surface area (Å²) >= 11 is 0. The van der Waals surface area contributed by atoms with Crippen molar-refractivity contribution in [1.29, 1.82) is 0 Å². The number of fused-ring (bicyclic) bond motifs is 2. The molecule has 2 aromatic carbocycles. The molecule has 0 spiro atoms. The van der Waals surface area contributed by atoms with Gasteiger partial charge in [0.2, 0.25) is 26.0 Å². The van der Waals surface area contributed by atoms with Crippen LogP contribution in [0.3, 0.4) is 0 Å². The number of nitrogens with one attached hydrogen (secondary N) is 1. The van der Waals surface area contributed by atoms with Crippen molar-refractivity contribution in [1.82, 2.24) is 19.7 Å². The summed E-state index contributed by atoms with van der Waals surface area (Å²) in [6.07, 6.45) is 7.06. The average molecular weight is 499 g/mol. The quantitative estimate of drug-likeness (QED) is 0.430. The lowest BCUT2D eigenvalue weighted by atomic mass is 10.1. The summed E-state index contributed by atoms with van der Waals surface area (Å²) in [5.41, 5.74) is 3.86. The van der Waals surface area contributed by atoms with Gasteiger partial charge in [0, 0.05) is 11.9 Å². The van der Waals surface area contributed by atoms with Gasteiger partial charge in [0.15, 0.2) is 5.65 Å². The van der Waals surface area contributed by atoms with Crippen LogP contribution in [0.25, 0.3) is 11.0 Å². The van der Waals surface area contributed by atoms with E-state index in [4.69, 9.17) is 0 Å². The maximum atomic E-state index is 12.0. The van der Waals surface area contributed by atoms with E-state index in [0.717, 1.165) is 30.7 Å². The minimum Gasteiger partial charge on any atom is -0.324 e. The number of anilines is 3. The van der Waals surface area contributed by atoms with E-state index >= 15 is 0 Å². The molecule has 2 aromatic heterocycles. The van der Waals surface area contributed by atoms with E-state index in [1.165, 1.54) is 23.3 Å². The first-order valence-electron chi connectivity index (χ1n) is 10.5. The van der Waals surface area contributed by atoms with E-state index < -0.39 is 20.0 Å². The lowest BCUT2D eigenvalue weighted by molar-refractivity contribution is 0.533. The highest BCUT2D eigenvalue weighted by Crippen LogP contribution is 2.35. The van der Waals surface area contributed by atoms with Gasteiger partial charge in [0.25, 0.3) is 0 Å². The number of benzene rings is 2. The normalized spacial score (nSPS) is 15.9. The van der Waals surface area contributed by atoms with Gasteiger partial charge < -0.3 is 5.32 Å². The maximum Gasteiger partial charge on any atom is 0.245 e. The Kier molecular flexibility index (Phi) is 5.29. The molecule has 0 bridgehead atoms. The molecule has 12 heteroatoms. The molecule has 0 unspecified atom stereocenters. The molecular weight excluding hydrogens is 476 g/mol. The highest BCUT2D eigenvalue weighted by Gasteiger charge is 2.28. The van der Waals surface area contributed by atoms with Gasteiger partial charge in [-0.3, -0.25) is 0 Å². The van der Waals surface area contributed by atoms with Crippen LogP contribution in [0, 0.1) is 0 Å². The van der Waals surface area contributed by atoms with E-state index in [1.807, 2.05) is 16.8 Å². The van der Waals surface area contributed by atoms with Gasteiger partial charge in [-0.25, -0.2) is 26.5 Å². The second-order valence-corrected chi connectivity index (χ2v) is 12.1. The summed E-state index contributed by atoms with van der Waals surface area (Å²) in [6.45, 7) is 0. The van der Waals surface area contributed by atoms with Crippen LogP contribution in [0.2, 0.25) is 0 Å². The number of aryl methyl sites for hydroxylation is 1. The molecular formula is C22H22N6O4S2. The van der Waals surface area contributed by atoms with Crippen molar-refractivity contribution in [2.75, 3.05) is 21.5 Å². The van der Waals surface area contributed by atoms with Crippen LogP contribution >= 0.6 is 0 Å². The van der Waals surface area contributed by atoms with Crippen molar-refractivity contribution >= 4 is 48.4 Å². The molecule has 10 nitrogen and oxygen atoms in total. The molecule has 0 amide bonds. The Morgan fingerprint density at radius 3 is 2.38 bits per heavy atom. The van der Waals surface area contributed by atoms with Crippen molar-refractivity contribution in [3.63, 3.8) is 0 Å². The van der Waals surface area contributed by atoms with Crippen molar-refractivity contribution in [3.05, 3.63) is 72.1 Å².